The van der Waals surface area contributed by atoms with Crippen LogP contribution in [0.5, 0.6) is 0 Å². The predicted octanol–water partition coefficient (Wildman–Crippen LogP) is 1.00. The topological polar surface area (TPSA) is 83.9 Å². The first-order chi connectivity index (χ1) is 6.95. The molecule has 0 spiro atoms. The van der Waals surface area contributed by atoms with Crippen molar-refractivity contribution in [2.75, 3.05) is 6.26 Å². The molecule has 4 nitrogen and oxygen atoms in total. The normalized spacial score (nSPS) is 13.1. The van der Waals surface area contributed by atoms with E-state index in [4.69, 9.17) is 11.0 Å². The van der Waals surface area contributed by atoms with Gasteiger partial charge in [-0.05, 0) is 17.7 Å². The van der Waals surface area contributed by atoms with E-state index in [2.05, 4.69) is 0 Å². The van der Waals surface area contributed by atoms with Crippen LogP contribution >= 0.6 is 0 Å². The van der Waals surface area contributed by atoms with Gasteiger partial charge in [-0.15, -0.1) is 0 Å². The van der Waals surface area contributed by atoms with Crippen molar-refractivity contribution in [3.8, 4) is 6.07 Å². The lowest BCUT2D eigenvalue weighted by molar-refractivity contribution is 0.601. The Balaban J connectivity index is 2.96. The van der Waals surface area contributed by atoms with Crippen molar-refractivity contribution in [2.24, 2.45) is 5.73 Å². The van der Waals surface area contributed by atoms with Gasteiger partial charge in [-0.25, -0.2) is 8.42 Å². The number of nitrogens with zero attached hydrogens (tertiary/aromatic N) is 1. The number of sulfone groups is 1. The monoisotopic (exact) mass is 224 g/mol. The summed E-state index contributed by atoms with van der Waals surface area (Å²) in [7, 11) is -3.16. The summed E-state index contributed by atoms with van der Waals surface area (Å²) in [5.74, 6) is 0. The first-order valence-electron chi connectivity index (χ1n) is 4.37. The fourth-order valence-electron chi connectivity index (χ4n) is 1.18. The van der Waals surface area contributed by atoms with Crippen LogP contribution < -0.4 is 5.73 Å². The SMILES string of the molecule is CS(=O)(=O)c1ccc([C@H](N)CC#N)cc1. The van der Waals surface area contributed by atoms with Gasteiger partial charge in [-0.3, -0.25) is 0 Å². The molecule has 0 heterocycles. The van der Waals surface area contributed by atoms with E-state index in [1.165, 1.54) is 12.1 Å². The lowest BCUT2D eigenvalue weighted by Crippen LogP contribution is -2.09. The van der Waals surface area contributed by atoms with Gasteiger partial charge in [0.15, 0.2) is 9.84 Å². The number of rotatable bonds is 3. The van der Waals surface area contributed by atoms with E-state index in [-0.39, 0.29) is 17.4 Å². The van der Waals surface area contributed by atoms with Gasteiger partial charge < -0.3 is 5.73 Å². The van der Waals surface area contributed by atoms with Crippen molar-refractivity contribution < 1.29 is 8.42 Å². The van der Waals surface area contributed by atoms with E-state index in [1.807, 2.05) is 6.07 Å². The number of benzene rings is 1. The third-order valence-corrected chi connectivity index (χ3v) is 3.18. The molecule has 80 valence electrons. The highest BCUT2D eigenvalue weighted by atomic mass is 32.2. The van der Waals surface area contributed by atoms with Crippen LogP contribution in [0.15, 0.2) is 29.2 Å². The Labute approximate surface area is 89.2 Å². The largest absolute Gasteiger partial charge is 0.323 e. The molecule has 0 saturated heterocycles. The molecule has 0 aliphatic rings. The number of hydrogen-bond acceptors (Lipinski definition) is 4. The molecule has 2 N–H and O–H groups in total. The summed E-state index contributed by atoms with van der Waals surface area (Å²) in [4.78, 5) is 0.260. The summed E-state index contributed by atoms with van der Waals surface area (Å²) in [5.41, 5.74) is 6.46. The van der Waals surface area contributed by atoms with Gasteiger partial charge in [0.2, 0.25) is 0 Å². The fourth-order valence-corrected chi connectivity index (χ4v) is 1.81. The maximum Gasteiger partial charge on any atom is 0.175 e. The van der Waals surface area contributed by atoms with Crippen molar-refractivity contribution in [1.82, 2.24) is 0 Å². The standard InChI is InChI=1S/C10H12N2O2S/c1-15(13,14)9-4-2-8(3-5-9)10(12)6-7-11/h2-5,10H,6,12H2,1H3/t10-/m1/s1. The van der Waals surface area contributed by atoms with Gasteiger partial charge in [-0.2, -0.15) is 5.26 Å². The zero-order chi connectivity index (χ0) is 11.5. The maximum atomic E-state index is 11.2. The summed E-state index contributed by atoms with van der Waals surface area (Å²) in [6.07, 6.45) is 1.37. The van der Waals surface area contributed by atoms with Crippen LogP contribution in [0.3, 0.4) is 0 Å². The summed E-state index contributed by atoms with van der Waals surface area (Å²) in [5, 5.41) is 8.46. The highest BCUT2D eigenvalue weighted by Crippen LogP contribution is 2.16. The molecule has 5 heteroatoms. The van der Waals surface area contributed by atoms with Gasteiger partial charge in [0.1, 0.15) is 0 Å². The quantitative estimate of drug-likeness (QED) is 0.830. The van der Waals surface area contributed by atoms with Crippen molar-refractivity contribution in [3.05, 3.63) is 29.8 Å². The third kappa shape index (κ3) is 3.05. The zero-order valence-electron chi connectivity index (χ0n) is 8.34. The number of hydrogen-bond donors (Lipinski definition) is 1. The van der Waals surface area contributed by atoms with E-state index >= 15 is 0 Å². The second kappa shape index (κ2) is 4.43. The third-order valence-electron chi connectivity index (χ3n) is 2.05. The van der Waals surface area contributed by atoms with Crippen LogP contribution in [0.4, 0.5) is 0 Å². The van der Waals surface area contributed by atoms with E-state index in [0.29, 0.717) is 0 Å². The first kappa shape index (κ1) is 11.7. The fraction of sp³-hybridized carbons (Fsp3) is 0.300. The summed E-state index contributed by atoms with van der Waals surface area (Å²) in [6.45, 7) is 0. The molecule has 0 aromatic heterocycles. The molecule has 0 radical (unpaired) electrons. The highest BCUT2D eigenvalue weighted by molar-refractivity contribution is 7.90. The van der Waals surface area contributed by atoms with Crippen LogP contribution in [-0.4, -0.2) is 14.7 Å². The molecule has 0 saturated carbocycles. The van der Waals surface area contributed by atoms with E-state index in [1.54, 1.807) is 12.1 Å². The molecule has 0 unspecified atom stereocenters. The van der Waals surface area contributed by atoms with E-state index in [0.717, 1.165) is 11.8 Å². The molecule has 0 fully saturated rings. The van der Waals surface area contributed by atoms with Crippen LogP contribution in [-0.2, 0) is 9.84 Å². The Morgan fingerprint density at radius 1 is 1.40 bits per heavy atom. The average Bonchev–Trinajstić information content (AvgIpc) is 2.17. The van der Waals surface area contributed by atoms with Gasteiger partial charge in [0.05, 0.1) is 17.4 Å². The highest BCUT2D eigenvalue weighted by Gasteiger charge is 2.09. The second-order valence-corrected chi connectivity index (χ2v) is 5.33. The molecular formula is C10H12N2O2S. The van der Waals surface area contributed by atoms with Gasteiger partial charge in [0, 0.05) is 12.3 Å². The predicted molar refractivity (Wildman–Crippen MR) is 56.7 cm³/mol. The Hall–Kier alpha value is -1.38. The lowest BCUT2D eigenvalue weighted by Gasteiger charge is -2.07. The number of nitrogens with two attached hydrogens (primary N) is 1. The van der Waals surface area contributed by atoms with Gasteiger partial charge >= 0.3 is 0 Å². The molecule has 0 aliphatic carbocycles. The minimum Gasteiger partial charge on any atom is -0.323 e. The Bertz CT molecular complexity index is 471. The van der Waals surface area contributed by atoms with Crippen LogP contribution in [0, 0.1) is 11.3 Å². The number of nitriles is 1. The van der Waals surface area contributed by atoms with Crippen molar-refractivity contribution in [2.45, 2.75) is 17.4 Å². The minimum absolute atomic E-state index is 0.220. The summed E-state index contributed by atoms with van der Waals surface area (Å²) in [6, 6.07) is 7.89. The average molecular weight is 224 g/mol. The molecule has 0 bridgehead atoms. The molecule has 15 heavy (non-hydrogen) atoms. The first-order valence-corrected chi connectivity index (χ1v) is 6.27. The van der Waals surface area contributed by atoms with Gasteiger partial charge in [0.25, 0.3) is 0 Å². The maximum absolute atomic E-state index is 11.2. The zero-order valence-corrected chi connectivity index (χ0v) is 9.16. The Morgan fingerprint density at radius 3 is 2.33 bits per heavy atom. The smallest absolute Gasteiger partial charge is 0.175 e. The Morgan fingerprint density at radius 2 is 1.93 bits per heavy atom. The summed E-state index contributed by atoms with van der Waals surface area (Å²) < 4.78 is 22.3. The molecular weight excluding hydrogens is 212 g/mol. The Kier molecular flexibility index (Phi) is 3.45. The molecule has 1 rings (SSSR count). The second-order valence-electron chi connectivity index (χ2n) is 3.31. The van der Waals surface area contributed by atoms with Crippen molar-refractivity contribution >= 4 is 9.84 Å². The van der Waals surface area contributed by atoms with E-state index in [9.17, 15) is 8.42 Å². The minimum atomic E-state index is -3.16. The molecule has 0 aliphatic heterocycles. The van der Waals surface area contributed by atoms with Crippen molar-refractivity contribution in [1.29, 1.82) is 5.26 Å². The van der Waals surface area contributed by atoms with Crippen LogP contribution in [0.1, 0.15) is 18.0 Å². The lowest BCUT2D eigenvalue weighted by atomic mass is 10.1. The summed E-state index contributed by atoms with van der Waals surface area (Å²) >= 11 is 0. The van der Waals surface area contributed by atoms with Crippen LogP contribution in [0.2, 0.25) is 0 Å². The van der Waals surface area contributed by atoms with Gasteiger partial charge in [-0.1, -0.05) is 12.1 Å². The molecule has 1 aromatic carbocycles. The molecule has 1 atom stereocenters. The molecule has 1 aromatic rings. The molecule has 0 amide bonds. The van der Waals surface area contributed by atoms with Crippen LogP contribution in [0.25, 0.3) is 0 Å². The van der Waals surface area contributed by atoms with Crippen molar-refractivity contribution in [3.63, 3.8) is 0 Å². The van der Waals surface area contributed by atoms with E-state index < -0.39 is 9.84 Å².